The number of nitrogens with one attached hydrogen (secondary N) is 2. The topological polar surface area (TPSA) is 221 Å². The maximum Gasteiger partial charge on any atom is 0.329 e. The zero-order chi connectivity index (χ0) is 39.5. The number of aliphatic hydroxyl groups excluding tert-OH is 1. The van der Waals surface area contributed by atoms with Crippen molar-refractivity contribution in [1.29, 1.82) is 0 Å². The van der Waals surface area contributed by atoms with E-state index in [2.05, 4.69) is 30.9 Å². The van der Waals surface area contributed by atoms with Gasteiger partial charge in [-0.3, -0.25) is 19.1 Å². The number of allylic oxidation sites excluding steroid dienone is 2. The summed E-state index contributed by atoms with van der Waals surface area (Å²) in [7, 11) is 0. The van der Waals surface area contributed by atoms with Gasteiger partial charge in [0.2, 0.25) is 11.8 Å². The molecule has 3 aromatic heterocycles. The number of rotatable bonds is 7. The number of oxazole rings is 1. The van der Waals surface area contributed by atoms with E-state index in [4.69, 9.17) is 14.9 Å². The van der Waals surface area contributed by atoms with E-state index in [1.54, 1.807) is 54.4 Å². The fourth-order valence-corrected chi connectivity index (χ4v) is 6.53. The summed E-state index contributed by atoms with van der Waals surface area (Å²) in [5, 5.41) is 24.3. The van der Waals surface area contributed by atoms with Crippen LogP contribution in [-0.2, 0) is 32.1 Å². The minimum atomic E-state index is -1.50. The highest BCUT2D eigenvalue weighted by atomic mass is 19.1. The average Bonchev–Trinajstić information content (AvgIpc) is 3.92. The molecule has 1 saturated heterocycles. The van der Waals surface area contributed by atoms with Crippen molar-refractivity contribution in [3.05, 3.63) is 78.3 Å². The molecule has 3 amide bonds. The molecule has 5 N–H and O–H groups in total. The van der Waals surface area contributed by atoms with Crippen molar-refractivity contribution in [2.24, 2.45) is 11.8 Å². The second-order valence-electron chi connectivity index (χ2n) is 14.0. The Hall–Kier alpha value is -5.71. The third-order valence-corrected chi connectivity index (χ3v) is 9.24. The molecule has 5 heterocycles. The number of carbonyl (C=O) groups excluding carboxylic acids is 4. The lowest BCUT2D eigenvalue weighted by atomic mass is 9.89. The molecule has 0 spiro atoms. The van der Waals surface area contributed by atoms with E-state index in [9.17, 15) is 28.7 Å². The van der Waals surface area contributed by atoms with Crippen molar-refractivity contribution in [3.63, 3.8) is 0 Å². The summed E-state index contributed by atoms with van der Waals surface area (Å²) in [4.78, 5) is 63.1. The number of ether oxygens (including phenoxy) is 1. The standard InChI is InChI=1S/C38H48FN9O7/c1-23(2)35-25(18-33(51)42-14-16-47-21-29(45-46-47)28-8-5-13-43-36(28)40)10-11-32(50)41-12-4-7-24(3)17-27(49)19-26(39)20-34-44-30(22-54-34)37(52)48-15-6-9-31(48)38(53)55-35/h4-5,7-8,10-11,13,17,21-23,25-27,31,35,49H,6,9,12,14-16,18-20H2,1-3H3,(H2,40,43)(H,41,50)(H,42,51)/b7-4+,11-10+,24-17+/t25-,26+,27+,31+,35+/m0/s1. The summed E-state index contributed by atoms with van der Waals surface area (Å²) in [6.07, 6.45) is 8.95. The van der Waals surface area contributed by atoms with E-state index in [1.807, 2.05) is 13.8 Å². The van der Waals surface area contributed by atoms with Gasteiger partial charge in [0.25, 0.3) is 5.91 Å². The lowest BCUT2D eigenvalue weighted by Crippen LogP contribution is -2.44. The Balaban J connectivity index is 1.32. The molecule has 294 valence electrons. The average molecular weight is 762 g/mol. The van der Waals surface area contributed by atoms with Gasteiger partial charge in [-0.2, -0.15) is 0 Å². The molecule has 16 nitrogen and oxygen atoms in total. The van der Waals surface area contributed by atoms with Gasteiger partial charge < -0.3 is 35.5 Å². The molecular weight excluding hydrogens is 713 g/mol. The fraction of sp³-hybridized carbons (Fsp3) is 0.474. The SMILES string of the molecule is CC1=C\[C@@H](O)C[C@@H](F)Cc2nc(co2)C(=O)N2CCC[C@@H]2C(=O)O[C@H](C(C)C)[C@H](CC(=O)NCCn2cc(-c3cccnc3N)nn2)/C=C/C(=O)NC\C=C\1. The predicted octanol–water partition coefficient (Wildman–Crippen LogP) is 2.73. The molecule has 5 rings (SSSR count). The number of carbonyl (C=O) groups is 4. The minimum absolute atomic E-state index is 0.00941. The third-order valence-electron chi connectivity index (χ3n) is 9.24. The van der Waals surface area contributed by atoms with E-state index >= 15 is 0 Å². The van der Waals surface area contributed by atoms with Gasteiger partial charge in [0.15, 0.2) is 11.6 Å². The van der Waals surface area contributed by atoms with Crippen LogP contribution in [0.5, 0.6) is 0 Å². The van der Waals surface area contributed by atoms with Crippen LogP contribution in [0, 0.1) is 11.8 Å². The Morgan fingerprint density at radius 1 is 1.22 bits per heavy atom. The summed E-state index contributed by atoms with van der Waals surface area (Å²) in [5.74, 6) is -2.72. The van der Waals surface area contributed by atoms with Crippen LogP contribution in [0.1, 0.15) is 62.8 Å². The Morgan fingerprint density at radius 3 is 2.82 bits per heavy atom. The molecule has 0 aromatic carbocycles. The van der Waals surface area contributed by atoms with Crippen molar-refractivity contribution < 1.29 is 37.8 Å². The molecule has 2 aliphatic rings. The molecule has 55 heavy (non-hydrogen) atoms. The number of nitrogens with two attached hydrogens (primary N) is 1. The van der Waals surface area contributed by atoms with Crippen LogP contribution < -0.4 is 16.4 Å². The molecular formula is C38H48FN9O7. The molecule has 2 bridgehead atoms. The second-order valence-corrected chi connectivity index (χ2v) is 14.0. The Labute approximate surface area is 318 Å². The number of aromatic nitrogens is 5. The first-order chi connectivity index (χ1) is 26.4. The lowest BCUT2D eigenvalue weighted by molar-refractivity contribution is -0.159. The van der Waals surface area contributed by atoms with Gasteiger partial charge in [-0.05, 0) is 43.9 Å². The highest BCUT2D eigenvalue weighted by molar-refractivity contribution is 5.95. The van der Waals surface area contributed by atoms with Crippen LogP contribution in [0.2, 0.25) is 0 Å². The van der Waals surface area contributed by atoms with E-state index in [0.717, 1.165) is 6.26 Å². The number of esters is 1. The quantitative estimate of drug-likeness (QED) is 0.256. The van der Waals surface area contributed by atoms with Crippen molar-refractivity contribution in [2.45, 2.75) is 83.8 Å². The van der Waals surface area contributed by atoms with Crippen LogP contribution >= 0.6 is 0 Å². The number of fused-ring (bicyclic) bond motifs is 3. The molecule has 1 fully saturated rings. The monoisotopic (exact) mass is 761 g/mol. The Bertz CT molecular complexity index is 1900. The van der Waals surface area contributed by atoms with Crippen molar-refractivity contribution in [2.75, 3.05) is 25.4 Å². The van der Waals surface area contributed by atoms with Crippen LogP contribution in [0.15, 0.2) is 71.2 Å². The first-order valence-electron chi connectivity index (χ1n) is 18.3. The van der Waals surface area contributed by atoms with E-state index in [1.165, 1.54) is 17.1 Å². The van der Waals surface area contributed by atoms with Gasteiger partial charge in [-0.25, -0.2) is 19.2 Å². The first-order valence-corrected chi connectivity index (χ1v) is 18.3. The number of pyridine rings is 1. The number of hydrogen-bond acceptors (Lipinski definition) is 12. The van der Waals surface area contributed by atoms with Crippen LogP contribution in [0.3, 0.4) is 0 Å². The van der Waals surface area contributed by atoms with Crippen molar-refractivity contribution in [3.8, 4) is 11.3 Å². The zero-order valence-electron chi connectivity index (χ0n) is 31.1. The molecule has 0 radical (unpaired) electrons. The smallest absolute Gasteiger partial charge is 0.329 e. The van der Waals surface area contributed by atoms with E-state index in [0.29, 0.717) is 42.0 Å². The number of cyclic esters (lactones) is 1. The maximum absolute atomic E-state index is 14.8. The van der Waals surface area contributed by atoms with Crippen LogP contribution in [-0.4, -0.2) is 103 Å². The minimum Gasteiger partial charge on any atom is -0.460 e. The normalized spacial score (nSPS) is 25.3. The van der Waals surface area contributed by atoms with Gasteiger partial charge in [-0.1, -0.05) is 48.9 Å². The molecule has 3 aromatic rings. The van der Waals surface area contributed by atoms with Crippen LogP contribution in [0.4, 0.5) is 10.2 Å². The van der Waals surface area contributed by atoms with Gasteiger partial charge in [-0.15, -0.1) is 5.10 Å². The second kappa shape index (κ2) is 19.1. The summed E-state index contributed by atoms with van der Waals surface area (Å²) in [6, 6.07) is 2.59. The number of nitrogens with zero attached hydrogens (tertiary/aromatic N) is 6. The highest BCUT2D eigenvalue weighted by Crippen LogP contribution is 2.27. The molecule has 0 unspecified atom stereocenters. The Morgan fingerprint density at radius 2 is 2.04 bits per heavy atom. The summed E-state index contributed by atoms with van der Waals surface area (Å²) >= 11 is 0. The van der Waals surface area contributed by atoms with Gasteiger partial charge in [0, 0.05) is 50.2 Å². The summed E-state index contributed by atoms with van der Waals surface area (Å²) in [5.41, 5.74) is 7.71. The number of halogens is 1. The molecule has 0 saturated carbocycles. The zero-order valence-corrected chi connectivity index (χ0v) is 31.1. The lowest BCUT2D eigenvalue weighted by Gasteiger charge is -2.30. The summed E-state index contributed by atoms with van der Waals surface area (Å²) in [6.45, 7) is 6.34. The molecule has 17 heteroatoms. The Kier molecular flexibility index (Phi) is 14.0. The summed E-state index contributed by atoms with van der Waals surface area (Å²) < 4.78 is 27.9. The number of aliphatic hydroxyl groups is 1. The fourth-order valence-electron chi connectivity index (χ4n) is 6.53. The van der Waals surface area contributed by atoms with Gasteiger partial charge in [0.1, 0.15) is 36.1 Å². The third kappa shape index (κ3) is 11.4. The highest BCUT2D eigenvalue weighted by Gasteiger charge is 2.39. The number of anilines is 1. The maximum atomic E-state index is 14.8. The van der Waals surface area contributed by atoms with Crippen molar-refractivity contribution >= 4 is 29.5 Å². The van der Waals surface area contributed by atoms with Gasteiger partial charge in [0.05, 0.1) is 25.3 Å². The number of amides is 3. The van der Waals surface area contributed by atoms with Crippen LogP contribution in [0.25, 0.3) is 11.3 Å². The number of nitrogen functional groups attached to an aromatic ring is 1. The largest absolute Gasteiger partial charge is 0.460 e. The molecule has 2 aliphatic heterocycles. The first kappa shape index (κ1) is 40.5. The molecule has 0 aliphatic carbocycles. The van der Waals surface area contributed by atoms with E-state index in [-0.39, 0.29) is 62.3 Å². The molecule has 5 atom stereocenters. The van der Waals surface area contributed by atoms with Crippen molar-refractivity contribution in [1.82, 2.24) is 40.5 Å². The number of alkyl halides is 1. The number of hydrogen-bond donors (Lipinski definition) is 4. The van der Waals surface area contributed by atoms with E-state index < -0.39 is 48.1 Å². The van der Waals surface area contributed by atoms with Gasteiger partial charge >= 0.3 is 5.97 Å². The predicted molar refractivity (Wildman–Crippen MR) is 198 cm³/mol.